The standard InChI is InChI=1S/C14H21N3O2S/c1-19-13(18)3-2-11-9-20-14(15-11)16-12-8-17-6-4-10(12)5-7-17/h9-10,12H,2-8H2,1H3,(H,15,16). The van der Waals surface area contributed by atoms with Crippen molar-refractivity contribution in [1.29, 1.82) is 0 Å². The van der Waals surface area contributed by atoms with Crippen LogP contribution >= 0.6 is 11.3 Å². The molecule has 4 heterocycles. The summed E-state index contributed by atoms with van der Waals surface area (Å²) >= 11 is 1.64. The summed E-state index contributed by atoms with van der Waals surface area (Å²) in [5, 5.41) is 6.61. The van der Waals surface area contributed by atoms with Gasteiger partial charge in [0.1, 0.15) is 0 Å². The summed E-state index contributed by atoms with van der Waals surface area (Å²) in [4.78, 5) is 18.2. The molecule has 1 atom stereocenters. The van der Waals surface area contributed by atoms with Gasteiger partial charge in [0.15, 0.2) is 5.13 Å². The number of nitrogens with zero attached hydrogens (tertiary/aromatic N) is 2. The predicted octanol–water partition coefficient (Wildman–Crippen LogP) is 1.75. The minimum atomic E-state index is -0.176. The fourth-order valence-electron chi connectivity index (χ4n) is 3.11. The van der Waals surface area contributed by atoms with Crippen LogP contribution < -0.4 is 5.32 Å². The molecule has 5 nitrogen and oxygen atoms in total. The number of carbonyl (C=O) groups is 1. The highest BCUT2D eigenvalue weighted by Gasteiger charge is 2.34. The van der Waals surface area contributed by atoms with E-state index in [2.05, 4.69) is 19.9 Å². The van der Waals surface area contributed by atoms with Crippen LogP contribution in [0, 0.1) is 5.92 Å². The quantitative estimate of drug-likeness (QED) is 0.839. The van der Waals surface area contributed by atoms with Crippen LogP contribution in [0.2, 0.25) is 0 Å². The van der Waals surface area contributed by atoms with Crippen molar-refractivity contribution in [3.8, 4) is 0 Å². The Kier molecular flexibility index (Phi) is 4.21. The molecule has 110 valence electrons. The maximum absolute atomic E-state index is 11.1. The molecule has 20 heavy (non-hydrogen) atoms. The van der Waals surface area contributed by atoms with Crippen molar-refractivity contribution in [3.63, 3.8) is 0 Å². The molecule has 1 aromatic heterocycles. The molecule has 3 saturated heterocycles. The number of methoxy groups -OCH3 is 1. The van der Waals surface area contributed by atoms with Crippen molar-refractivity contribution < 1.29 is 9.53 Å². The number of thiazole rings is 1. The Labute approximate surface area is 123 Å². The van der Waals surface area contributed by atoms with Gasteiger partial charge in [-0.2, -0.15) is 0 Å². The maximum atomic E-state index is 11.1. The van der Waals surface area contributed by atoms with Crippen LogP contribution in [0.4, 0.5) is 5.13 Å². The van der Waals surface area contributed by atoms with Gasteiger partial charge in [-0.15, -0.1) is 11.3 Å². The van der Waals surface area contributed by atoms with E-state index in [1.807, 2.05) is 5.38 Å². The van der Waals surface area contributed by atoms with Crippen LogP contribution in [0.25, 0.3) is 0 Å². The van der Waals surface area contributed by atoms with E-state index < -0.39 is 0 Å². The van der Waals surface area contributed by atoms with Gasteiger partial charge in [0.2, 0.25) is 0 Å². The van der Waals surface area contributed by atoms with E-state index in [4.69, 9.17) is 0 Å². The third-order valence-electron chi connectivity index (χ3n) is 4.33. The molecule has 3 fully saturated rings. The number of nitrogens with one attached hydrogen (secondary N) is 1. The van der Waals surface area contributed by atoms with Gasteiger partial charge in [-0.1, -0.05) is 0 Å². The molecule has 1 N–H and O–H groups in total. The van der Waals surface area contributed by atoms with Gasteiger partial charge in [0.05, 0.1) is 19.2 Å². The van der Waals surface area contributed by atoms with Gasteiger partial charge in [-0.25, -0.2) is 4.98 Å². The Morgan fingerprint density at radius 1 is 1.55 bits per heavy atom. The average molecular weight is 295 g/mol. The summed E-state index contributed by atoms with van der Waals surface area (Å²) in [6.45, 7) is 3.65. The molecule has 3 aliphatic rings. The highest BCUT2D eigenvalue weighted by atomic mass is 32.1. The zero-order valence-electron chi connectivity index (χ0n) is 11.8. The zero-order valence-corrected chi connectivity index (χ0v) is 12.6. The van der Waals surface area contributed by atoms with Crippen molar-refractivity contribution in [2.75, 3.05) is 32.1 Å². The summed E-state index contributed by atoms with van der Waals surface area (Å²) in [5.41, 5.74) is 0.976. The van der Waals surface area contributed by atoms with Crippen LogP contribution in [-0.4, -0.2) is 48.6 Å². The Morgan fingerprint density at radius 3 is 3.00 bits per heavy atom. The third kappa shape index (κ3) is 3.12. The van der Waals surface area contributed by atoms with Crippen molar-refractivity contribution in [1.82, 2.24) is 9.88 Å². The average Bonchev–Trinajstić information content (AvgIpc) is 2.93. The Balaban J connectivity index is 1.53. The van der Waals surface area contributed by atoms with Crippen LogP contribution in [0.3, 0.4) is 0 Å². The Hall–Kier alpha value is -1.14. The molecule has 0 aliphatic carbocycles. The zero-order chi connectivity index (χ0) is 13.9. The molecular weight excluding hydrogens is 274 g/mol. The van der Waals surface area contributed by atoms with Crippen LogP contribution in [-0.2, 0) is 16.0 Å². The number of rotatable bonds is 5. The minimum Gasteiger partial charge on any atom is -0.469 e. The Bertz CT molecular complexity index is 469. The molecule has 0 amide bonds. The SMILES string of the molecule is COC(=O)CCc1csc(NC2CN3CCC2CC3)n1. The van der Waals surface area contributed by atoms with Gasteiger partial charge in [-0.05, 0) is 31.8 Å². The summed E-state index contributed by atoms with van der Waals surface area (Å²) < 4.78 is 4.65. The van der Waals surface area contributed by atoms with E-state index >= 15 is 0 Å². The lowest BCUT2D eigenvalue weighted by atomic mass is 9.84. The van der Waals surface area contributed by atoms with Gasteiger partial charge in [0.25, 0.3) is 0 Å². The normalized spacial score (nSPS) is 28.4. The number of anilines is 1. The van der Waals surface area contributed by atoms with E-state index in [0.29, 0.717) is 18.9 Å². The molecule has 4 rings (SSSR count). The first-order valence-electron chi connectivity index (χ1n) is 7.24. The summed E-state index contributed by atoms with van der Waals surface area (Å²) in [5.74, 6) is 0.618. The van der Waals surface area contributed by atoms with E-state index in [1.54, 1.807) is 11.3 Å². The molecule has 0 saturated carbocycles. The van der Waals surface area contributed by atoms with Crippen molar-refractivity contribution in [3.05, 3.63) is 11.1 Å². The van der Waals surface area contributed by atoms with Crippen LogP contribution in [0.15, 0.2) is 5.38 Å². The number of piperidine rings is 3. The van der Waals surface area contributed by atoms with E-state index in [-0.39, 0.29) is 5.97 Å². The second-order valence-electron chi connectivity index (χ2n) is 5.61. The first-order chi connectivity index (χ1) is 9.74. The number of esters is 1. The lowest BCUT2D eigenvalue weighted by Gasteiger charge is -2.44. The van der Waals surface area contributed by atoms with Crippen molar-refractivity contribution in [2.24, 2.45) is 5.92 Å². The summed E-state index contributed by atoms with van der Waals surface area (Å²) in [6, 6.07) is 0.539. The number of aryl methyl sites for hydroxylation is 1. The third-order valence-corrected chi connectivity index (χ3v) is 5.15. The van der Waals surface area contributed by atoms with E-state index in [1.165, 1.54) is 33.0 Å². The monoisotopic (exact) mass is 295 g/mol. The first kappa shape index (κ1) is 13.8. The van der Waals surface area contributed by atoms with Gasteiger partial charge in [0, 0.05) is 24.4 Å². The Morgan fingerprint density at radius 2 is 2.35 bits per heavy atom. The summed E-state index contributed by atoms with van der Waals surface area (Å²) in [7, 11) is 1.42. The number of ether oxygens (including phenoxy) is 1. The van der Waals surface area contributed by atoms with Crippen LogP contribution in [0.1, 0.15) is 25.0 Å². The molecular formula is C14H21N3O2S. The fraction of sp³-hybridized carbons (Fsp3) is 0.714. The number of hydrogen-bond donors (Lipinski definition) is 1. The summed E-state index contributed by atoms with van der Waals surface area (Å²) in [6.07, 6.45) is 3.67. The van der Waals surface area contributed by atoms with E-state index in [9.17, 15) is 4.79 Å². The molecule has 0 spiro atoms. The first-order valence-corrected chi connectivity index (χ1v) is 8.12. The van der Waals surface area contributed by atoms with E-state index in [0.717, 1.165) is 23.3 Å². The van der Waals surface area contributed by atoms with Crippen LogP contribution in [0.5, 0.6) is 0 Å². The van der Waals surface area contributed by atoms with Gasteiger partial charge < -0.3 is 15.0 Å². The number of aromatic nitrogens is 1. The molecule has 0 aromatic carbocycles. The molecule has 3 aliphatic heterocycles. The maximum Gasteiger partial charge on any atom is 0.305 e. The highest BCUT2D eigenvalue weighted by Crippen LogP contribution is 2.30. The number of carbonyl (C=O) groups excluding carboxylic acids is 1. The largest absolute Gasteiger partial charge is 0.469 e. The smallest absolute Gasteiger partial charge is 0.305 e. The molecule has 1 unspecified atom stereocenters. The second-order valence-corrected chi connectivity index (χ2v) is 6.47. The van der Waals surface area contributed by atoms with Crippen molar-refractivity contribution in [2.45, 2.75) is 31.7 Å². The lowest BCUT2D eigenvalue weighted by molar-refractivity contribution is -0.140. The highest BCUT2D eigenvalue weighted by molar-refractivity contribution is 7.13. The van der Waals surface area contributed by atoms with Gasteiger partial charge >= 0.3 is 5.97 Å². The molecule has 1 aromatic rings. The minimum absolute atomic E-state index is 0.176. The second kappa shape index (κ2) is 6.10. The topological polar surface area (TPSA) is 54.5 Å². The predicted molar refractivity (Wildman–Crippen MR) is 79.0 cm³/mol. The van der Waals surface area contributed by atoms with Gasteiger partial charge in [-0.3, -0.25) is 4.79 Å². The molecule has 0 radical (unpaired) electrons. The number of fused-ring (bicyclic) bond motifs is 3. The van der Waals surface area contributed by atoms with Crippen molar-refractivity contribution >= 4 is 22.4 Å². The fourth-order valence-corrected chi connectivity index (χ4v) is 3.92. The number of hydrogen-bond acceptors (Lipinski definition) is 6. The lowest BCUT2D eigenvalue weighted by Crippen LogP contribution is -2.53. The molecule has 2 bridgehead atoms. The molecule has 6 heteroatoms.